The highest BCUT2D eigenvalue weighted by atomic mass is 16.4. The number of hydrogen-bond donors (Lipinski definition) is 2. The van der Waals surface area contributed by atoms with Crippen LogP contribution in [0.3, 0.4) is 0 Å². The van der Waals surface area contributed by atoms with Gasteiger partial charge in [-0.15, -0.1) is 0 Å². The number of carboxylic acids is 2. The molecule has 112 valence electrons. The standard InChI is InChI=1S/C15H23NO4/c1-8(2)11(12(17)18)16-10-7-9-5-6-15(10,13(19)20)14(9,3)4/h8-9,11H,5-7H2,1-4H3,(H,17,18)(H,19,20)/t9-,11+,15+/m1/s1. The van der Waals surface area contributed by atoms with Crippen molar-refractivity contribution in [3.8, 4) is 0 Å². The van der Waals surface area contributed by atoms with E-state index in [0.29, 0.717) is 24.5 Å². The summed E-state index contributed by atoms with van der Waals surface area (Å²) in [5, 5.41) is 19.0. The maximum Gasteiger partial charge on any atom is 0.328 e. The van der Waals surface area contributed by atoms with Gasteiger partial charge >= 0.3 is 11.9 Å². The van der Waals surface area contributed by atoms with E-state index in [2.05, 4.69) is 4.99 Å². The monoisotopic (exact) mass is 281 g/mol. The van der Waals surface area contributed by atoms with Gasteiger partial charge in [0.2, 0.25) is 0 Å². The van der Waals surface area contributed by atoms with E-state index in [4.69, 9.17) is 0 Å². The third-order valence-corrected chi connectivity index (χ3v) is 5.47. The molecular weight excluding hydrogens is 258 g/mol. The normalized spacial score (nSPS) is 34.6. The topological polar surface area (TPSA) is 87.0 Å². The smallest absolute Gasteiger partial charge is 0.328 e. The Morgan fingerprint density at radius 2 is 1.90 bits per heavy atom. The van der Waals surface area contributed by atoms with Gasteiger partial charge in [0, 0.05) is 5.71 Å². The Morgan fingerprint density at radius 3 is 2.30 bits per heavy atom. The number of hydrogen-bond acceptors (Lipinski definition) is 3. The van der Waals surface area contributed by atoms with Gasteiger partial charge in [0.25, 0.3) is 0 Å². The first-order valence-corrected chi connectivity index (χ1v) is 7.18. The van der Waals surface area contributed by atoms with Crippen molar-refractivity contribution in [1.29, 1.82) is 0 Å². The van der Waals surface area contributed by atoms with Gasteiger partial charge in [-0.25, -0.2) is 4.79 Å². The molecule has 2 fully saturated rings. The van der Waals surface area contributed by atoms with E-state index < -0.39 is 23.4 Å². The molecule has 3 atom stereocenters. The molecule has 2 aliphatic rings. The molecule has 0 radical (unpaired) electrons. The van der Waals surface area contributed by atoms with E-state index in [0.717, 1.165) is 6.42 Å². The molecule has 2 bridgehead atoms. The molecule has 0 aliphatic heterocycles. The molecule has 0 aromatic heterocycles. The van der Waals surface area contributed by atoms with Gasteiger partial charge in [-0.05, 0) is 36.5 Å². The molecule has 20 heavy (non-hydrogen) atoms. The quantitative estimate of drug-likeness (QED) is 0.828. The predicted octanol–water partition coefficient (Wildman–Crippen LogP) is 2.45. The fourth-order valence-electron chi connectivity index (χ4n) is 4.03. The second-order valence-electron chi connectivity index (χ2n) is 6.97. The van der Waals surface area contributed by atoms with Crippen LogP contribution >= 0.6 is 0 Å². The second kappa shape index (κ2) is 4.57. The average molecular weight is 281 g/mol. The van der Waals surface area contributed by atoms with Crippen LogP contribution < -0.4 is 0 Å². The lowest BCUT2D eigenvalue weighted by Crippen LogP contribution is -2.44. The lowest BCUT2D eigenvalue weighted by atomic mass is 9.68. The van der Waals surface area contributed by atoms with E-state index in [1.165, 1.54) is 0 Å². The zero-order chi connectivity index (χ0) is 15.3. The maximum absolute atomic E-state index is 11.9. The molecule has 2 N–H and O–H groups in total. The van der Waals surface area contributed by atoms with Crippen LogP contribution in [0, 0.1) is 22.7 Å². The van der Waals surface area contributed by atoms with Crippen LogP contribution in [0.2, 0.25) is 0 Å². The first-order valence-electron chi connectivity index (χ1n) is 7.18. The number of carbonyl (C=O) groups is 2. The van der Waals surface area contributed by atoms with Crippen molar-refractivity contribution >= 4 is 17.7 Å². The number of rotatable bonds is 4. The Balaban J connectivity index is 2.48. The van der Waals surface area contributed by atoms with Gasteiger partial charge in [0.05, 0.1) is 0 Å². The molecule has 0 amide bonds. The van der Waals surface area contributed by atoms with Gasteiger partial charge in [-0.2, -0.15) is 0 Å². The molecule has 0 spiro atoms. The molecule has 0 unspecified atom stereocenters. The lowest BCUT2D eigenvalue weighted by Gasteiger charge is -2.34. The van der Waals surface area contributed by atoms with E-state index in [-0.39, 0.29) is 11.3 Å². The summed E-state index contributed by atoms with van der Waals surface area (Å²) in [4.78, 5) is 27.6. The summed E-state index contributed by atoms with van der Waals surface area (Å²) in [5.74, 6) is -1.69. The number of fused-ring (bicyclic) bond motifs is 2. The molecule has 5 heteroatoms. The molecule has 5 nitrogen and oxygen atoms in total. The highest BCUT2D eigenvalue weighted by Gasteiger charge is 2.67. The Hall–Kier alpha value is -1.39. The van der Waals surface area contributed by atoms with Crippen LogP contribution in [0.25, 0.3) is 0 Å². The Labute approximate surface area is 119 Å². The number of carboxylic acid groups (broad SMARTS) is 2. The minimum Gasteiger partial charge on any atom is -0.481 e. The number of nitrogens with zero attached hydrogens (tertiary/aromatic N) is 1. The van der Waals surface area contributed by atoms with E-state index in [9.17, 15) is 19.8 Å². The maximum atomic E-state index is 11.9. The third-order valence-electron chi connectivity index (χ3n) is 5.47. The van der Waals surface area contributed by atoms with Crippen molar-refractivity contribution < 1.29 is 19.8 Å². The summed E-state index contributed by atoms with van der Waals surface area (Å²) in [6.45, 7) is 7.56. The summed E-state index contributed by atoms with van der Waals surface area (Å²) in [5.41, 5.74) is -0.731. The van der Waals surface area contributed by atoms with Crippen LogP contribution in [0.1, 0.15) is 47.0 Å². The first kappa shape index (κ1) is 15.0. The summed E-state index contributed by atoms with van der Waals surface area (Å²) < 4.78 is 0. The molecule has 2 aliphatic carbocycles. The molecule has 0 saturated heterocycles. The average Bonchev–Trinajstić information content (AvgIpc) is 2.70. The van der Waals surface area contributed by atoms with Crippen LogP contribution in [-0.2, 0) is 9.59 Å². The second-order valence-corrected chi connectivity index (χ2v) is 6.97. The zero-order valence-electron chi connectivity index (χ0n) is 12.5. The zero-order valence-corrected chi connectivity index (χ0v) is 12.5. The molecule has 0 aromatic carbocycles. The highest BCUT2D eigenvalue weighted by Crippen LogP contribution is 2.64. The van der Waals surface area contributed by atoms with Crippen molar-refractivity contribution in [2.24, 2.45) is 27.7 Å². The molecule has 0 aromatic rings. The number of aliphatic carboxylic acids is 2. The molecular formula is C15H23NO4. The minimum absolute atomic E-state index is 0.145. The van der Waals surface area contributed by atoms with Crippen LogP contribution in [0.4, 0.5) is 0 Å². The fourth-order valence-corrected chi connectivity index (χ4v) is 4.03. The van der Waals surface area contributed by atoms with E-state index in [1.54, 1.807) is 13.8 Å². The van der Waals surface area contributed by atoms with Gasteiger partial charge in [-0.3, -0.25) is 9.79 Å². The SMILES string of the molecule is CC(C)[C@H](N=C1C[C@H]2CC[C@]1(C(=O)O)C2(C)C)C(=O)O. The van der Waals surface area contributed by atoms with E-state index in [1.807, 2.05) is 13.8 Å². The van der Waals surface area contributed by atoms with Crippen molar-refractivity contribution in [2.75, 3.05) is 0 Å². The first-order chi connectivity index (χ1) is 9.14. The van der Waals surface area contributed by atoms with Crippen molar-refractivity contribution in [1.82, 2.24) is 0 Å². The van der Waals surface area contributed by atoms with Gasteiger partial charge in [0.1, 0.15) is 11.5 Å². The summed E-state index contributed by atoms with van der Waals surface area (Å²) >= 11 is 0. The Bertz CT molecular complexity index is 480. The fraction of sp³-hybridized carbons (Fsp3) is 0.800. The van der Waals surface area contributed by atoms with Crippen molar-refractivity contribution in [2.45, 2.75) is 53.0 Å². The Morgan fingerprint density at radius 1 is 1.30 bits per heavy atom. The largest absolute Gasteiger partial charge is 0.481 e. The van der Waals surface area contributed by atoms with Gasteiger partial charge < -0.3 is 10.2 Å². The minimum atomic E-state index is -0.978. The molecule has 2 saturated carbocycles. The molecule has 2 rings (SSSR count). The number of aliphatic imine (C=N–C) groups is 1. The van der Waals surface area contributed by atoms with Crippen molar-refractivity contribution in [3.63, 3.8) is 0 Å². The Kier molecular flexibility index (Phi) is 3.43. The third kappa shape index (κ3) is 1.79. The van der Waals surface area contributed by atoms with Crippen molar-refractivity contribution in [3.05, 3.63) is 0 Å². The van der Waals surface area contributed by atoms with Crippen LogP contribution in [0.15, 0.2) is 4.99 Å². The van der Waals surface area contributed by atoms with Crippen LogP contribution in [0.5, 0.6) is 0 Å². The van der Waals surface area contributed by atoms with E-state index >= 15 is 0 Å². The van der Waals surface area contributed by atoms with Gasteiger partial charge in [0.15, 0.2) is 0 Å². The predicted molar refractivity (Wildman–Crippen MR) is 74.9 cm³/mol. The summed E-state index contributed by atoms with van der Waals surface area (Å²) in [6, 6.07) is -0.851. The molecule has 0 heterocycles. The summed E-state index contributed by atoms with van der Waals surface area (Å²) in [6.07, 6.45) is 2.08. The van der Waals surface area contributed by atoms with Crippen LogP contribution in [-0.4, -0.2) is 33.9 Å². The van der Waals surface area contributed by atoms with Gasteiger partial charge in [-0.1, -0.05) is 27.7 Å². The summed E-state index contributed by atoms with van der Waals surface area (Å²) in [7, 11) is 0. The lowest BCUT2D eigenvalue weighted by molar-refractivity contribution is -0.149. The highest BCUT2D eigenvalue weighted by molar-refractivity contribution is 6.10.